The Balaban J connectivity index is 2.13. The molecule has 2 rings (SSSR count). The van der Waals surface area contributed by atoms with E-state index in [4.69, 9.17) is 5.73 Å². The maximum absolute atomic E-state index is 11.8. The maximum atomic E-state index is 11.8. The molecule has 0 unspecified atom stereocenters. The van der Waals surface area contributed by atoms with Gasteiger partial charge in [-0.3, -0.25) is 14.5 Å². The quantitative estimate of drug-likeness (QED) is 0.854. The number of nitrogens with one attached hydrogen (secondary N) is 1. The van der Waals surface area contributed by atoms with Gasteiger partial charge in [-0.2, -0.15) is 0 Å². The number of amides is 2. The van der Waals surface area contributed by atoms with Crippen LogP contribution in [0.15, 0.2) is 30.3 Å². The minimum atomic E-state index is -0.423. The van der Waals surface area contributed by atoms with Crippen LogP contribution in [0, 0.1) is 0 Å². The summed E-state index contributed by atoms with van der Waals surface area (Å²) in [5.41, 5.74) is 6.48. The number of benzene rings is 1. The zero-order valence-electron chi connectivity index (χ0n) is 11.7. The predicted octanol–water partition coefficient (Wildman–Crippen LogP) is 0.814. The highest BCUT2D eigenvalue weighted by Crippen LogP contribution is 2.24. The lowest BCUT2D eigenvalue weighted by Crippen LogP contribution is -2.50. The molecule has 0 aliphatic carbocycles. The second-order valence-corrected chi connectivity index (χ2v) is 5.25. The molecule has 0 radical (unpaired) electrons. The van der Waals surface area contributed by atoms with E-state index < -0.39 is 6.04 Å². The molecule has 0 spiro atoms. The first-order valence-corrected chi connectivity index (χ1v) is 6.93. The van der Waals surface area contributed by atoms with Crippen molar-refractivity contribution in [2.24, 2.45) is 5.73 Å². The Bertz CT molecular complexity index is 475. The molecule has 2 amide bonds. The summed E-state index contributed by atoms with van der Waals surface area (Å²) in [6, 6.07) is 9.22. The van der Waals surface area contributed by atoms with Gasteiger partial charge in [0.1, 0.15) is 6.04 Å². The summed E-state index contributed by atoms with van der Waals surface area (Å²) in [5, 5.41) is 2.92. The lowest BCUT2D eigenvalue weighted by Gasteiger charge is -2.37. The Morgan fingerprint density at radius 3 is 2.65 bits per heavy atom. The van der Waals surface area contributed by atoms with Crippen LogP contribution in [0.25, 0.3) is 0 Å². The van der Waals surface area contributed by atoms with Gasteiger partial charge in [-0.15, -0.1) is 0 Å². The Labute approximate surface area is 119 Å². The van der Waals surface area contributed by atoms with Crippen LogP contribution in [0.5, 0.6) is 0 Å². The third-order valence-electron chi connectivity index (χ3n) is 3.61. The first-order valence-electron chi connectivity index (χ1n) is 6.93. The molecule has 1 aliphatic heterocycles. The van der Waals surface area contributed by atoms with Crippen LogP contribution < -0.4 is 11.1 Å². The number of carbonyl (C=O) groups is 2. The van der Waals surface area contributed by atoms with Crippen LogP contribution in [0.2, 0.25) is 0 Å². The van der Waals surface area contributed by atoms with Crippen LogP contribution in [0.3, 0.4) is 0 Å². The molecule has 1 aromatic carbocycles. The fraction of sp³-hybridized carbons (Fsp3) is 0.467. The predicted molar refractivity (Wildman–Crippen MR) is 76.8 cm³/mol. The van der Waals surface area contributed by atoms with Gasteiger partial charge < -0.3 is 11.1 Å². The molecule has 20 heavy (non-hydrogen) atoms. The number of nitrogens with zero attached hydrogens (tertiary/aromatic N) is 1. The molecule has 1 fully saturated rings. The highest BCUT2D eigenvalue weighted by Gasteiger charge is 2.30. The van der Waals surface area contributed by atoms with E-state index in [-0.39, 0.29) is 17.9 Å². The van der Waals surface area contributed by atoms with Crippen molar-refractivity contribution in [2.75, 3.05) is 13.1 Å². The summed E-state index contributed by atoms with van der Waals surface area (Å²) in [7, 11) is 0. The van der Waals surface area contributed by atoms with Gasteiger partial charge in [0.15, 0.2) is 0 Å². The minimum Gasteiger partial charge on any atom is -0.368 e. The molecule has 1 aromatic rings. The normalized spacial score (nSPS) is 21.1. The lowest BCUT2D eigenvalue weighted by molar-refractivity contribution is -0.124. The lowest BCUT2D eigenvalue weighted by atomic mass is 9.99. The van der Waals surface area contributed by atoms with Crippen LogP contribution >= 0.6 is 0 Å². The third-order valence-corrected chi connectivity index (χ3v) is 3.61. The molecule has 2 atom stereocenters. The number of primary amides is 1. The first kappa shape index (κ1) is 14.5. The van der Waals surface area contributed by atoms with Crippen LogP contribution in [-0.4, -0.2) is 35.8 Å². The van der Waals surface area contributed by atoms with Gasteiger partial charge in [0, 0.05) is 19.5 Å². The molecule has 0 saturated carbocycles. The van der Waals surface area contributed by atoms with Crippen molar-refractivity contribution in [3.8, 4) is 0 Å². The molecule has 1 aliphatic rings. The maximum Gasteiger partial charge on any atom is 0.239 e. The van der Waals surface area contributed by atoms with Crippen molar-refractivity contribution < 1.29 is 9.59 Å². The summed E-state index contributed by atoms with van der Waals surface area (Å²) in [6.45, 7) is 2.99. The Morgan fingerprint density at radius 1 is 1.35 bits per heavy atom. The summed E-state index contributed by atoms with van der Waals surface area (Å²) >= 11 is 0. The number of hydrogen-bond donors (Lipinski definition) is 2. The average Bonchev–Trinajstić information content (AvgIpc) is 2.39. The van der Waals surface area contributed by atoms with Gasteiger partial charge in [0.05, 0.1) is 0 Å². The second kappa shape index (κ2) is 6.52. The second-order valence-electron chi connectivity index (χ2n) is 5.25. The highest BCUT2D eigenvalue weighted by atomic mass is 16.2. The van der Waals surface area contributed by atoms with E-state index in [9.17, 15) is 9.59 Å². The van der Waals surface area contributed by atoms with E-state index in [1.165, 1.54) is 6.92 Å². The van der Waals surface area contributed by atoms with Gasteiger partial charge in [-0.05, 0) is 24.9 Å². The molecule has 0 bridgehead atoms. The van der Waals surface area contributed by atoms with Crippen molar-refractivity contribution in [2.45, 2.75) is 31.8 Å². The third kappa shape index (κ3) is 3.57. The summed E-state index contributed by atoms with van der Waals surface area (Å²) < 4.78 is 0. The SMILES string of the molecule is CC(=O)N[C@@H]1CCCN([C@@H](C(N)=O)c2ccccc2)C1. The highest BCUT2D eigenvalue weighted by molar-refractivity contribution is 5.81. The minimum absolute atomic E-state index is 0.0350. The van der Waals surface area contributed by atoms with Crippen LogP contribution in [0.4, 0.5) is 0 Å². The average molecular weight is 275 g/mol. The zero-order chi connectivity index (χ0) is 14.5. The Morgan fingerprint density at radius 2 is 2.05 bits per heavy atom. The van der Waals surface area contributed by atoms with Crippen LogP contribution in [-0.2, 0) is 9.59 Å². The van der Waals surface area contributed by atoms with Gasteiger partial charge in [0.25, 0.3) is 0 Å². The van der Waals surface area contributed by atoms with E-state index in [0.717, 1.165) is 24.9 Å². The van der Waals surface area contributed by atoms with E-state index >= 15 is 0 Å². The molecule has 5 nitrogen and oxygen atoms in total. The van der Waals surface area contributed by atoms with E-state index in [0.29, 0.717) is 6.54 Å². The number of carbonyl (C=O) groups excluding carboxylic acids is 2. The van der Waals surface area contributed by atoms with Gasteiger partial charge >= 0.3 is 0 Å². The topological polar surface area (TPSA) is 75.4 Å². The molecule has 1 heterocycles. The van der Waals surface area contributed by atoms with Crippen molar-refractivity contribution in [3.63, 3.8) is 0 Å². The fourth-order valence-electron chi connectivity index (χ4n) is 2.84. The molecule has 3 N–H and O–H groups in total. The van der Waals surface area contributed by atoms with Crippen molar-refractivity contribution >= 4 is 11.8 Å². The smallest absolute Gasteiger partial charge is 0.239 e. The van der Waals surface area contributed by atoms with Gasteiger partial charge in [-0.25, -0.2) is 0 Å². The first-order chi connectivity index (χ1) is 9.58. The number of likely N-dealkylation sites (tertiary alicyclic amines) is 1. The van der Waals surface area contributed by atoms with Gasteiger partial charge in [-0.1, -0.05) is 30.3 Å². The number of hydrogen-bond acceptors (Lipinski definition) is 3. The fourth-order valence-corrected chi connectivity index (χ4v) is 2.84. The number of piperidine rings is 1. The molecular weight excluding hydrogens is 254 g/mol. The standard InChI is InChI=1S/C15H21N3O2/c1-11(19)17-13-8-5-9-18(10-13)14(15(16)20)12-6-3-2-4-7-12/h2-4,6-7,13-14H,5,8-10H2,1H3,(H2,16,20)(H,17,19)/t13-,14-/m1/s1. The van der Waals surface area contributed by atoms with Crippen molar-refractivity contribution in [1.29, 1.82) is 0 Å². The summed E-state index contributed by atoms with van der Waals surface area (Å²) in [5.74, 6) is -0.383. The van der Waals surface area contributed by atoms with Crippen molar-refractivity contribution in [3.05, 3.63) is 35.9 Å². The zero-order valence-corrected chi connectivity index (χ0v) is 11.7. The molecule has 1 saturated heterocycles. The van der Waals surface area contributed by atoms with E-state index in [1.807, 2.05) is 30.3 Å². The molecule has 5 heteroatoms. The largest absolute Gasteiger partial charge is 0.368 e. The number of rotatable bonds is 4. The van der Waals surface area contributed by atoms with Crippen molar-refractivity contribution in [1.82, 2.24) is 10.2 Å². The number of nitrogens with two attached hydrogens (primary N) is 1. The summed E-state index contributed by atoms with van der Waals surface area (Å²) in [4.78, 5) is 25.0. The molecule has 0 aromatic heterocycles. The van der Waals surface area contributed by atoms with E-state index in [2.05, 4.69) is 10.2 Å². The van der Waals surface area contributed by atoms with E-state index in [1.54, 1.807) is 0 Å². The monoisotopic (exact) mass is 275 g/mol. The van der Waals surface area contributed by atoms with Gasteiger partial charge in [0.2, 0.25) is 11.8 Å². The Hall–Kier alpha value is -1.88. The van der Waals surface area contributed by atoms with Crippen LogP contribution in [0.1, 0.15) is 31.4 Å². The molecule has 108 valence electrons. The molecular formula is C15H21N3O2. The summed E-state index contributed by atoms with van der Waals surface area (Å²) in [6.07, 6.45) is 1.89. The Kier molecular flexibility index (Phi) is 4.74.